The molecule has 0 unspecified atom stereocenters. The van der Waals surface area contributed by atoms with Gasteiger partial charge in [-0.2, -0.15) is 0 Å². The number of Topliss-reactive ketones (excluding diaryl/α,β-unsaturated/α-hetero) is 1. The predicted molar refractivity (Wildman–Crippen MR) is 124 cm³/mol. The van der Waals surface area contributed by atoms with Gasteiger partial charge in [-0.05, 0) is 38.0 Å². The molecule has 0 aliphatic carbocycles. The van der Waals surface area contributed by atoms with Gasteiger partial charge in [-0.15, -0.1) is 10.2 Å². The van der Waals surface area contributed by atoms with Crippen LogP contribution in [-0.4, -0.2) is 38.8 Å². The van der Waals surface area contributed by atoms with Crippen molar-refractivity contribution in [3.63, 3.8) is 0 Å². The number of amides is 1. The number of rotatable bonds is 9. The Balaban J connectivity index is 1.81. The minimum atomic E-state index is -0.0577. The maximum Gasteiger partial charge on any atom is 0.216 e. The van der Waals surface area contributed by atoms with Crippen LogP contribution < -0.4 is 5.32 Å². The molecule has 0 saturated carbocycles. The van der Waals surface area contributed by atoms with E-state index in [0.717, 1.165) is 29.1 Å². The molecule has 0 radical (unpaired) electrons. The molecule has 1 heterocycles. The average molecular weight is 457 g/mol. The number of aromatic nitrogens is 3. The number of halogens is 1. The Hall–Kier alpha value is -2.64. The van der Waals surface area contributed by atoms with Crippen molar-refractivity contribution in [3.8, 4) is 5.69 Å². The third-order valence-corrected chi connectivity index (χ3v) is 6.11. The van der Waals surface area contributed by atoms with Crippen LogP contribution in [0.25, 0.3) is 5.69 Å². The van der Waals surface area contributed by atoms with E-state index in [1.54, 1.807) is 0 Å². The molecule has 0 spiro atoms. The lowest BCUT2D eigenvalue weighted by Gasteiger charge is -2.12. The Morgan fingerprint density at radius 2 is 1.84 bits per heavy atom. The van der Waals surface area contributed by atoms with Crippen LogP contribution in [0.2, 0.25) is 5.02 Å². The number of ketones is 1. The van der Waals surface area contributed by atoms with Crippen LogP contribution >= 0.6 is 23.4 Å². The van der Waals surface area contributed by atoms with Gasteiger partial charge < -0.3 is 5.32 Å². The molecule has 0 aliphatic rings. The largest absolute Gasteiger partial charge is 0.356 e. The first-order chi connectivity index (χ1) is 14.8. The lowest BCUT2D eigenvalue weighted by molar-refractivity contribution is -0.118. The van der Waals surface area contributed by atoms with Crippen molar-refractivity contribution in [3.05, 3.63) is 70.0 Å². The SMILES string of the molecule is CC(=O)NCCCc1nnc(SCC(=O)c2ccc(C)cc2)n1-c1ccc(C)c(Cl)c1. The Morgan fingerprint density at radius 1 is 1.10 bits per heavy atom. The lowest BCUT2D eigenvalue weighted by Crippen LogP contribution is -2.21. The fraction of sp³-hybridized carbons (Fsp3) is 0.304. The highest BCUT2D eigenvalue weighted by molar-refractivity contribution is 7.99. The molecule has 0 bridgehead atoms. The van der Waals surface area contributed by atoms with Crippen LogP contribution in [0.3, 0.4) is 0 Å². The molecule has 6 nitrogen and oxygen atoms in total. The molecule has 3 rings (SSSR count). The van der Waals surface area contributed by atoms with Gasteiger partial charge in [-0.25, -0.2) is 0 Å². The van der Waals surface area contributed by atoms with Gasteiger partial charge in [0.05, 0.1) is 11.4 Å². The summed E-state index contributed by atoms with van der Waals surface area (Å²) in [5.74, 6) is 0.994. The quantitative estimate of drug-likeness (QED) is 0.289. The van der Waals surface area contributed by atoms with Crippen LogP contribution in [0, 0.1) is 13.8 Å². The first kappa shape index (κ1) is 23.0. The van der Waals surface area contributed by atoms with Crippen LogP contribution in [0.5, 0.6) is 0 Å². The van der Waals surface area contributed by atoms with E-state index < -0.39 is 0 Å². The zero-order valence-corrected chi connectivity index (χ0v) is 19.4. The normalized spacial score (nSPS) is 10.8. The summed E-state index contributed by atoms with van der Waals surface area (Å²) in [4.78, 5) is 23.7. The van der Waals surface area contributed by atoms with Gasteiger partial charge in [0.25, 0.3) is 0 Å². The van der Waals surface area contributed by atoms with E-state index >= 15 is 0 Å². The van der Waals surface area contributed by atoms with Gasteiger partial charge in [0.1, 0.15) is 5.82 Å². The molecule has 3 aromatic rings. The third-order valence-electron chi connectivity index (χ3n) is 4.77. The van der Waals surface area contributed by atoms with Crippen molar-refractivity contribution in [1.29, 1.82) is 0 Å². The summed E-state index contributed by atoms with van der Waals surface area (Å²) in [7, 11) is 0. The first-order valence-electron chi connectivity index (χ1n) is 10.0. The van der Waals surface area contributed by atoms with E-state index in [0.29, 0.717) is 28.7 Å². The molecule has 1 N–H and O–H groups in total. The minimum absolute atomic E-state index is 0.0358. The summed E-state index contributed by atoms with van der Waals surface area (Å²) in [6.07, 6.45) is 1.36. The zero-order valence-electron chi connectivity index (χ0n) is 17.8. The van der Waals surface area contributed by atoms with E-state index in [1.165, 1.54) is 18.7 Å². The molecule has 2 aromatic carbocycles. The van der Waals surface area contributed by atoms with E-state index in [-0.39, 0.29) is 17.4 Å². The Bertz CT molecular complexity index is 1080. The maximum absolute atomic E-state index is 12.6. The minimum Gasteiger partial charge on any atom is -0.356 e. The van der Waals surface area contributed by atoms with E-state index in [2.05, 4.69) is 15.5 Å². The number of thioether (sulfide) groups is 1. The number of carbonyl (C=O) groups excluding carboxylic acids is 2. The second-order valence-electron chi connectivity index (χ2n) is 7.33. The molecule has 0 saturated heterocycles. The van der Waals surface area contributed by atoms with Crippen LogP contribution in [0.15, 0.2) is 47.6 Å². The fourth-order valence-corrected chi connectivity index (χ4v) is 4.04. The van der Waals surface area contributed by atoms with Gasteiger partial charge in [0, 0.05) is 30.5 Å². The van der Waals surface area contributed by atoms with Gasteiger partial charge in [0.15, 0.2) is 10.9 Å². The van der Waals surface area contributed by atoms with Crippen molar-refractivity contribution < 1.29 is 9.59 Å². The molecule has 1 amide bonds. The number of nitrogens with one attached hydrogen (secondary N) is 1. The Morgan fingerprint density at radius 3 is 2.52 bits per heavy atom. The number of carbonyl (C=O) groups is 2. The zero-order chi connectivity index (χ0) is 22.4. The number of hydrogen-bond acceptors (Lipinski definition) is 5. The smallest absolute Gasteiger partial charge is 0.216 e. The van der Waals surface area contributed by atoms with Crippen LogP contribution in [0.1, 0.15) is 40.7 Å². The second kappa shape index (κ2) is 10.6. The summed E-state index contributed by atoms with van der Waals surface area (Å²) in [5, 5.41) is 12.8. The molecule has 0 aliphatic heterocycles. The van der Waals surface area contributed by atoms with Crippen molar-refractivity contribution in [2.75, 3.05) is 12.3 Å². The maximum atomic E-state index is 12.6. The van der Waals surface area contributed by atoms with Crippen molar-refractivity contribution in [1.82, 2.24) is 20.1 Å². The Kier molecular flexibility index (Phi) is 7.87. The molecule has 8 heteroatoms. The van der Waals surface area contributed by atoms with Gasteiger partial charge in [-0.3, -0.25) is 14.2 Å². The molecule has 31 heavy (non-hydrogen) atoms. The fourth-order valence-electron chi connectivity index (χ4n) is 3.00. The number of hydrogen-bond donors (Lipinski definition) is 1. The predicted octanol–water partition coefficient (Wildman–Crippen LogP) is 4.58. The highest BCUT2D eigenvalue weighted by Crippen LogP contribution is 2.26. The van der Waals surface area contributed by atoms with Crippen LogP contribution in [-0.2, 0) is 11.2 Å². The van der Waals surface area contributed by atoms with Crippen molar-refractivity contribution >= 4 is 35.1 Å². The van der Waals surface area contributed by atoms with E-state index in [1.807, 2.05) is 60.9 Å². The van der Waals surface area contributed by atoms with Gasteiger partial charge in [0.2, 0.25) is 5.91 Å². The molecular formula is C23H25ClN4O2S. The summed E-state index contributed by atoms with van der Waals surface area (Å²) in [5.41, 5.74) is 3.62. The highest BCUT2D eigenvalue weighted by atomic mass is 35.5. The number of benzene rings is 2. The molecular weight excluding hydrogens is 432 g/mol. The topological polar surface area (TPSA) is 76.9 Å². The summed E-state index contributed by atoms with van der Waals surface area (Å²) in [6.45, 7) is 6.00. The molecule has 0 fully saturated rings. The molecule has 0 atom stereocenters. The van der Waals surface area contributed by atoms with E-state index in [4.69, 9.17) is 11.6 Å². The molecule has 162 valence electrons. The standard InChI is InChI=1S/C23H25ClN4O2S/c1-15-6-9-18(10-7-15)21(30)14-31-23-27-26-22(5-4-12-25-17(3)29)28(23)19-11-8-16(2)20(24)13-19/h6-11,13H,4-5,12,14H2,1-3H3,(H,25,29). The van der Waals surface area contributed by atoms with Crippen LogP contribution in [0.4, 0.5) is 0 Å². The number of aryl methyl sites for hydroxylation is 3. The highest BCUT2D eigenvalue weighted by Gasteiger charge is 2.17. The number of nitrogens with zero attached hydrogens (tertiary/aromatic N) is 3. The molecule has 1 aromatic heterocycles. The lowest BCUT2D eigenvalue weighted by atomic mass is 10.1. The van der Waals surface area contributed by atoms with Crippen molar-refractivity contribution in [2.24, 2.45) is 0 Å². The monoisotopic (exact) mass is 456 g/mol. The second-order valence-corrected chi connectivity index (χ2v) is 8.68. The summed E-state index contributed by atoms with van der Waals surface area (Å²) >= 11 is 7.71. The average Bonchev–Trinajstić information content (AvgIpc) is 3.14. The first-order valence-corrected chi connectivity index (χ1v) is 11.4. The third kappa shape index (κ3) is 6.18. The summed E-state index contributed by atoms with van der Waals surface area (Å²) < 4.78 is 1.94. The van der Waals surface area contributed by atoms with E-state index in [9.17, 15) is 9.59 Å². The Labute approximate surface area is 191 Å². The van der Waals surface area contributed by atoms with Gasteiger partial charge in [-0.1, -0.05) is 59.3 Å². The van der Waals surface area contributed by atoms with Crippen molar-refractivity contribution in [2.45, 2.75) is 38.8 Å². The summed E-state index contributed by atoms with van der Waals surface area (Å²) in [6, 6.07) is 13.3. The van der Waals surface area contributed by atoms with Gasteiger partial charge >= 0.3 is 0 Å².